The predicted molar refractivity (Wildman–Crippen MR) is 102 cm³/mol. The smallest absolute Gasteiger partial charge is 0.275 e. The second kappa shape index (κ2) is 6.68. The Morgan fingerprint density at radius 1 is 1.26 bits per heavy atom. The summed E-state index contributed by atoms with van der Waals surface area (Å²) in [6.45, 7) is 4.34. The Morgan fingerprint density at radius 3 is 2.67 bits per heavy atom. The van der Waals surface area contributed by atoms with Gasteiger partial charge in [-0.05, 0) is 37.5 Å². The van der Waals surface area contributed by atoms with Gasteiger partial charge in [0.15, 0.2) is 0 Å². The maximum atomic E-state index is 12.6. The zero-order chi connectivity index (χ0) is 19.1. The highest BCUT2D eigenvalue weighted by Gasteiger charge is 2.36. The van der Waals surface area contributed by atoms with Crippen molar-refractivity contribution in [2.75, 3.05) is 7.05 Å². The van der Waals surface area contributed by atoms with Crippen molar-refractivity contribution in [2.45, 2.75) is 39.3 Å². The van der Waals surface area contributed by atoms with Crippen molar-refractivity contribution in [3.8, 4) is 0 Å². The van der Waals surface area contributed by atoms with Crippen molar-refractivity contribution in [3.05, 3.63) is 64.0 Å². The second-order valence-corrected chi connectivity index (χ2v) is 7.47. The molecular formula is C21H23N3O3. The average Bonchev–Trinajstić information content (AvgIpc) is 3.20. The number of hydrogen-bond donors (Lipinski definition) is 0. The first-order valence-corrected chi connectivity index (χ1v) is 9.23. The molecule has 2 atom stereocenters. The Kier molecular flexibility index (Phi) is 4.34. The molecular weight excluding hydrogens is 342 g/mol. The molecule has 4 rings (SSSR count). The summed E-state index contributed by atoms with van der Waals surface area (Å²) >= 11 is 0. The minimum Gasteiger partial charge on any atom is -0.464 e. The van der Waals surface area contributed by atoms with E-state index in [1.165, 1.54) is 4.68 Å². The van der Waals surface area contributed by atoms with Crippen molar-refractivity contribution in [3.63, 3.8) is 0 Å². The number of furan rings is 1. The van der Waals surface area contributed by atoms with Gasteiger partial charge in [0.1, 0.15) is 18.1 Å². The van der Waals surface area contributed by atoms with Crippen LogP contribution >= 0.6 is 0 Å². The minimum atomic E-state index is -0.249. The highest BCUT2D eigenvalue weighted by atomic mass is 16.3. The van der Waals surface area contributed by atoms with E-state index in [1.807, 2.05) is 37.3 Å². The first kappa shape index (κ1) is 17.5. The summed E-state index contributed by atoms with van der Waals surface area (Å²) in [6.07, 6.45) is 1.16. The molecule has 1 saturated carbocycles. The predicted octanol–water partition coefficient (Wildman–Crippen LogP) is 3.08. The molecule has 0 bridgehead atoms. The molecule has 6 heteroatoms. The van der Waals surface area contributed by atoms with Gasteiger partial charge in [-0.2, -0.15) is 5.10 Å². The van der Waals surface area contributed by atoms with Crippen LogP contribution in [0.1, 0.15) is 36.5 Å². The van der Waals surface area contributed by atoms with Gasteiger partial charge in [0.05, 0.1) is 17.6 Å². The van der Waals surface area contributed by atoms with Crippen molar-refractivity contribution < 1.29 is 9.21 Å². The molecule has 1 fully saturated rings. The summed E-state index contributed by atoms with van der Waals surface area (Å²) < 4.78 is 7.12. The number of hydrogen-bond acceptors (Lipinski definition) is 4. The Labute approximate surface area is 157 Å². The third kappa shape index (κ3) is 3.39. The monoisotopic (exact) mass is 365 g/mol. The number of likely N-dealkylation sites (N-methyl/N-ethyl adjacent to an activating group) is 1. The Morgan fingerprint density at radius 2 is 1.96 bits per heavy atom. The molecule has 1 amide bonds. The Balaban J connectivity index is 1.48. The van der Waals surface area contributed by atoms with E-state index in [9.17, 15) is 9.59 Å². The fourth-order valence-corrected chi connectivity index (χ4v) is 3.48. The first-order chi connectivity index (χ1) is 12.9. The van der Waals surface area contributed by atoms with Crippen molar-refractivity contribution in [1.82, 2.24) is 14.7 Å². The third-order valence-electron chi connectivity index (χ3n) is 5.31. The van der Waals surface area contributed by atoms with Gasteiger partial charge in [0.25, 0.3) is 5.56 Å². The number of carbonyl (C=O) groups is 1. The zero-order valence-electron chi connectivity index (χ0n) is 15.8. The van der Waals surface area contributed by atoms with E-state index in [0.29, 0.717) is 23.8 Å². The van der Waals surface area contributed by atoms with Crippen molar-refractivity contribution >= 4 is 16.7 Å². The largest absolute Gasteiger partial charge is 0.464 e. The molecule has 2 aromatic heterocycles. The second-order valence-electron chi connectivity index (χ2n) is 7.47. The molecule has 2 heterocycles. The Hall–Kier alpha value is -2.89. The standard InChI is InChI=1S/C21H23N3O3/c1-13-10-18(13)19-9-8-15(27-19)11-23(3)20(25)12-24-21(26)17-7-5-4-6-16(17)14(2)22-24/h4-9,13,18H,10-12H2,1-3H3. The molecule has 1 aliphatic carbocycles. The molecule has 0 saturated heterocycles. The van der Waals surface area contributed by atoms with Gasteiger partial charge in [-0.25, -0.2) is 4.68 Å². The number of amides is 1. The number of aromatic nitrogens is 2. The lowest BCUT2D eigenvalue weighted by molar-refractivity contribution is -0.131. The quantitative estimate of drug-likeness (QED) is 0.697. The molecule has 0 N–H and O–H groups in total. The zero-order valence-corrected chi connectivity index (χ0v) is 15.8. The van der Waals surface area contributed by atoms with Crippen LogP contribution in [0.2, 0.25) is 0 Å². The van der Waals surface area contributed by atoms with Crippen LogP contribution in [0.5, 0.6) is 0 Å². The molecule has 0 spiro atoms. The number of benzene rings is 1. The molecule has 0 radical (unpaired) electrons. The molecule has 27 heavy (non-hydrogen) atoms. The third-order valence-corrected chi connectivity index (χ3v) is 5.31. The molecule has 6 nitrogen and oxygen atoms in total. The number of rotatable bonds is 5. The van der Waals surface area contributed by atoms with Crippen LogP contribution in [0.15, 0.2) is 45.6 Å². The lowest BCUT2D eigenvalue weighted by Crippen LogP contribution is -2.35. The SMILES string of the molecule is Cc1nn(CC(=O)N(C)Cc2ccc(C3CC3C)o2)c(=O)c2ccccc12. The number of nitrogens with zero attached hydrogens (tertiary/aromatic N) is 3. The number of aryl methyl sites for hydroxylation is 1. The lowest BCUT2D eigenvalue weighted by atomic mass is 10.1. The fourth-order valence-electron chi connectivity index (χ4n) is 3.48. The van der Waals surface area contributed by atoms with Gasteiger partial charge in [-0.1, -0.05) is 25.1 Å². The average molecular weight is 365 g/mol. The summed E-state index contributed by atoms with van der Waals surface area (Å²) in [6, 6.07) is 11.2. The highest BCUT2D eigenvalue weighted by molar-refractivity contribution is 5.83. The minimum absolute atomic E-state index is 0.0891. The van der Waals surface area contributed by atoms with Crippen molar-refractivity contribution in [2.24, 2.45) is 5.92 Å². The summed E-state index contributed by atoms with van der Waals surface area (Å²) in [7, 11) is 1.71. The summed E-state index contributed by atoms with van der Waals surface area (Å²) in [5, 5.41) is 5.70. The van der Waals surface area contributed by atoms with Crippen LogP contribution in [0.4, 0.5) is 0 Å². The van der Waals surface area contributed by atoms with E-state index in [4.69, 9.17) is 4.42 Å². The van der Waals surface area contributed by atoms with Gasteiger partial charge >= 0.3 is 0 Å². The lowest BCUT2D eigenvalue weighted by Gasteiger charge is -2.16. The maximum absolute atomic E-state index is 12.6. The molecule has 140 valence electrons. The normalized spacial score (nSPS) is 18.6. The van der Waals surface area contributed by atoms with Gasteiger partial charge < -0.3 is 9.32 Å². The van der Waals surface area contributed by atoms with Crippen LogP contribution in [0.25, 0.3) is 10.8 Å². The topological polar surface area (TPSA) is 68.3 Å². The van der Waals surface area contributed by atoms with Gasteiger partial charge in [0.2, 0.25) is 5.91 Å². The summed E-state index contributed by atoms with van der Waals surface area (Å²) in [5.74, 6) is 2.77. The van der Waals surface area contributed by atoms with E-state index >= 15 is 0 Å². The highest BCUT2D eigenvalue weighted by Crippen LogP contribution is 2.47. The maximum Gasteiger partial charge on any atom is 0.275 e. The summed E-state index contributed by atoms with van der Waals surface area (Å²) in [5.41, 5.74) is 0.482. The van der Waals surface area contributed by atoms with Crippen LogP contribution in [-0.2, 0) is 17.9 Å². The van der Waals surface area contributed by atoms with Gasteiger partial charge in [-0.15, -0.1) is 0 Å². The molecule has 3 aromatic rings. The fraction of sp³-hybridized carbons (Fsp3) is 0.381. The number of carbonyl (C=O) groups excluding carboxylic acids is 1. The van der Waals surface area contributed by atoms with E-state index in [1.54, 1.807) is 18.0 Å². The van der Waals surface area contributed by atoms with E-state index in [2.05, 4.69) is 12.0 Å². The van der Waals surface area contributed by atoms with Crippen LogP contribution < -0.4 is 5.56 Å². The van der Waals surface area contributed by atoms with Crippen LogP contribution in [0.3, 0.4) is 0 Å². The van der Waals surface area contributed by atoms with Crippen LogP contribution in [-0.4, -0.2) is 27.6 Å². The molecule has 1 aromatic carbocycles. The van der Waals surface area contributed by atoms with Gasteiger partial charge in [-0.3, -0.25) is 9.59 Å². The van der Waals surface area contributed by atoms with Crippen molar-refractivity contribution in [1.29, 1.82) is 0 Å². The van der Waals surface area contributed by atoms with E-state index in [0.717, 1.165) is 29.0 Å². The number of fused-ring (bicyclic) bond motifs is 1. The molecule has 2 unspecified atom stereocenters. The summed E-state index contributed by atoms with van der Waals surface area (Å²) in [4.78, 5) is 26.8. The molecule has 0 aliphatic heterocycles. The van der Waals surface area contributed by atoms with E-state index in [-0.39, 0.29) is 18.0 Å². The molecule has 1 aliphatic rings. The van der Waals surface area contributed by atoms with Crippen LogP contribution in [0, 0.1) is 12.8 Å². The Bertz CT molecular complexity index is 1070. The van der Waals surface area contributed by atoms with Gasteiger partial charge in [0, 0.05) is 18.4 Å². The van der Waals surface area contributed by atoms with E-state index < -0.39 is 0 Å². The first-order valence-electron chi connectivity index (χ1n) is 9.23.